The molecule has 0 saturated heterocycles. The fourth-order valence-corrected chi connectivity index (χ4v) is 2.12. The van der Waals surface area contributed by atoms with Crippen LogP contribution in [0.4, 0.5) is 11.4 Å². The lowest BCUT2D eigenvalue weighted by Crippen LogP contribution is -2.27. The van der Waals surface area contributed by atoms with Crippen LogP contribution in [-0.4, -0.2) is 37.2 Å². The molecule has 0 atom stereocenters. The van der Waals surface area contributed by atoms with E-state index in [2.05, 4.69) is 17.3 Å². The molecule has 3 N–H and O–H groups in total. The largest absolute Gasteiger partial charge is 0.489 e. The second-order valence-corrected chi connectivity index (χ2v) is 5.52. The number of hydrogen-bond donors (Lipinski definition) is 2. The molecule has 0 amide bonds. The van der Waals surface area contributed by atoms with Gasteiger partial charge in [-0.15, -0.1) is 0 Å². The minimum atomic E-state index is 0.138. The number of hydrogen-bond acceptors (Lipinski definition) is 4. The Balaban J connectivity index is 1.88. The molecule has 2 rings (SSSR count). The average Bonchev–Trinajstić information content (AvgIpc) is 3.17. The summed E-state index contributed by atoms with van der Waals surface area (Å²) in [5, 5.41) is 3.39. The summed E-state index contributed by atoms with van der Waals surface area (Å²) in [6, 6.07) is 6.69. The lowest BCUT2D eigenvalue weighted by atomic mass is 10.2. The van der Waals surface area contributed by atoms with Crippen molar-refractivity contribution in [1.82, 2.24) is 4.90 Å². The van der Waals surface area contributed by atoms with Crippen molar-refractivity contribution in [3.63, 3.8) is 0 Å². The van der Waals surface area contributed by atoms with E-state index in [1.54, 1.807) is 0 Å². The summed E-state index contributed by atoms with van der Waals surface area (Å²) in [4.78, 5) is 2.40. The van der Waals surface area contributed by atoms with Crippen molar-refractivity contribution in [3.8, 4) is 5.75 Å². The molecule has 19 heavy (non-hydrogen) atoms. The quantitative estimate of drug-likeness (QED) is 0.742. The average molecular weight is 263 g/mol. The first-order valence-electron chi connectivity index (χ1n) is 7.07. The summed E-state index contributed by atoms with van der Waals surface area (Å²) in [5.74, 6) is 0.760. The van der Waals surface area contributed by atoms with E-state index in [9.17, 15) is 0 Å². The van der Waals surface area contributed by atoms with Gasteiger partial charge in [0.25, 0.3) is 0 Å². The Labute approximate surface area is 115 Å². The number of anilines is 2. The van der Waals surface area contributed by atoms with Crippen molar-refractivity contribution in [1.29, 1.82) is 0 Å². The highest BCUT2D eigenvalue weighted by Gasteiger charge is 2.25. The van der Waals surface area contributed by atoms with Crippen LogP contribution in [0.5, 0.6) is 5.75 Å². The SMILES string of the molecule is CC(C)Oc1cccc(NCCN(C)C2CC2)c1N. The van der Waals surface area contributed by atoms with Gasteiger partial charge in [-0.1, -0.05) is 6.07 Å². The molecule has 4 heteroatoms. The predicted molar refractivity (Wildman–Crippen MR) is 80.8 cm³/mol. The Hall–Kier alpha value is -1.42. The molecular weight excluding hydrogens is 238 g/mol. The van der Waals surface area contributed by atoms with Gasteiger partial charge >= 0.3 is 0 Å². The Bertz CT molecular complexity index is 416. The van der Waals surface area contributed by atoms with E-state index in [1.807, 2.05) is 32.0 Å². The molecule has 1 aromatic rings. The summed E-state index contributed by atoms with van der Waals surface area (Å²) >= 11 is 0. The lowest BCUT2D eigenvalue weighted by Gasteiger charge is -2.18. The Morgan fingerprint density at radius 2 is 2.16 bits per heavy atom. The number of rotatable bonds is 7. The normalized spacial score (nSPS) is 15.0. The van der Waals surface area contributed by atoms with Crippen LogP contribution in [0.1, 0.15) is 26.7 Å². The highest BCUT2D eigenvalue weighted by molar-refractivity contribution is 5.72. The molecular formula is C15H25N3O. The van der Waals surface area contributed by atoms with Crippen LogP contribution in [0.3, 0.4) is 0 Å². The summed E-state index contributed by atoms with van der Waals surface area (Å²) in [6.45, 7) is 5.95. The predicted octanol–water partition coefficient (Wildman–Crippen LogP) is 2.56. The highest BCUT2D eigenvalue weighted by atomic mass is 16.5. The summed E-state index contributed by atoms with van der Waals surface area (Å²) < 4.78 is 5.69. The van der Waals surface area contributed by atoms with E-state index in [4.69, 9.17) is 10.5 Å². The summed E-state index contributed by atoms with van der Waals surface area (Å²) in [7, 11) is 2.18. The fourth-order valence-electron chi connectivity index (χ4n) is 2.12. The number of para-hydroxylation sites is 1. The number of benzene rings is 1. The maximum Gasteiger partial charge on any atom is 0.144 e. The van der Waals surface area contributed by atoms with Crippen LogP contribution in [-0.2, 0) is 0 Å². The second-order valence-electron chi connectivity index (χ2n) is 5.52. The zero-order chi connectivity index (χ0) is 13.8. The fraction of sp³-hybridized carbons (Fsp3) is 0.600. The number of nitrogen functional groups attached to an aromatic ring is 1. The van der Waals surface area contributed by atoms with Crippen LogP contribution in [0.15, 0.2) is 18.2 Å². The van der Waals surface area contributed by atoms with Crippen molar-refractivity contribution in [2.24, 2.45) is 0 Å². The van der Waals surface area contributed by atoms with Crippen LogP contribution in [0.2, 0.25) is 0 Å². The molecule has 1 aliphatic rings. The van der Waals surface area contributed by atoms with Crippen molar-refractivity contribution in [2.75, 3.05) is 31.2 Å². The van der Waals surface area contributed by atoms with Crippen molar-refractivity contribution in [3.05, 3.63) is 18.2 Å². The van der Waals surface area contributed by atoms with Gasteiger partial charge in [-0.05, 0) is 45.9 Å². The van der Waals surface area contributed by atoms with E-state index in [-0.39, 0.29) is 6.10 Å². The Morgan fingerprint density at radius 1 is 1.42 bits per heavy atom. The molecule has 106 valence electrons. The molecule has 0 aromatic heterocycles. The molecule has 1 fully saturated rings. The number of nitrogens with one attached hydrogen (secondary N) is 1. The van der Waals surface area contributed by atoms with Gasteiger partial charge in [0.15, 0.2) is 0 Å². The summed E-state index contributed by atoms with van der Waals surface area (Å²) in [6.07, 6.45) is 2.82. The van der Waals surface area contributed by atoms with Gasteiger partial charge in [0, 0.05) is 19.1 Å². The standard InChI is InChI=1S/C15H25N3O/c1-11(2)19-14-6-4-5-13(15(14)16)17-9-10-18(3)12-7-8-12/h4-6,11-12,17H,7-10,16H2,1-3H3. The Kier molecular flexibility index (Phi) is 4.53. The van der Waals surface area contributed by atoms with Gasteiger partial charge in [-0.25, -0.2) is 0 Å². The molecule has 0 unspecified atom stereocenters. The molecule has 1 aromatic carbocycles. The molecule has 0 spiro atoms. The van der Waals surface area contributed by atoms with E-state index < -0.39 is 0 Å². The van der Waals surface area contributed by atoms with Crippen molar-refractivity contribution >= 4 is 11.4 Å². The molecule has 0 bridgehead atoms. The minimum Gasteiger partial charge on any atom is -0.489 e. The number of nitrogens with zero attached hydrogens (tertiary/aromatic N) is 1. The summed E-state index contributed by atoms with van der Waals surface area (Å²) in [5.41, 5.74) is 7.78. The van der Waals surface area contributed by atoms with Gasteiger partial charge < -0.3 is 20.7 Å². The van der Waals surface area contributed by atoms with Gasteiger partial charge in [-0.2, -0.15) is 0 Å². The highest BCUT2D eigenvalue weighted by Crippen LogP contribution is 2.30. The third-order valence-electron chi connectivity index (χ3n) is 3.38. The third kappa shape index (κ3) is 4.03. The van der Waals surface area contributed by atoms with Gasteiger partial charge in [0.2, 0.25) is 0 Å². The van der Waals surface area contributed by atoms with Gasteiger partial charge in [0.1, 0.15) is 5.75 Å². The molecule has 0 heterocycles. The molecule has 0 radical (unpaired) electrons. The van der Waals surface area contributed by atoms with Crippen molar-refractivity contribution in [2.45, 2.75) is 38.8 Å². The smallest absolute Gasteiger partial charge is 0.144 e. The first-order chi connectivity index (χ1) is 9.08. The lowest BCUT2D eigenvalue weighted by molar-refractivity contribution is 0.244. The number of ether oxygens (including phenoxy) is 1. The molecule has 4 nitrogen and oxygen atoms in total. The zero-order valence-electron chi connectivity index (χ0n) is 12.1. The second kappa shape index (κ2) is 6.15. The number of likely N-dealkylation sites (N-methyl/N-ethyl adjacent to an activating group) is 1. The molecule has 1 saturated carbocycles. The number of nitrogens with two attached hydrogens (primary N) is 1. The minimum absolute atomic E-state index is 0.138. The monoisotopic (exact) mass is 263 g/mol. The van der Waals surface area contributed by atoms with E-state index in [0.29, 0.717) is 5.69 Å². The van der Waals surface area contributed by atoms with Crippen molar-refractivity contribution < 1.29 is 4.74 Å². The van der Waals surface area contributed by atoms with E-state index in [0.717, 1.165) is 30.6 Å². The Morgan fingerprint density at radius 3 is 2.79 bits per heavy atom. The van der Waals surface area contributed by atoms with Crippen LogP contribution < -0.4 is 15.8 Å². The van der Waals surface area contributed by atoms with E-state index >= 15 is 0 Å². The van der Waals surface area contributed by atoms with Gasteiger partial charge in [-0.3, -0.25) is 0 Å². The van der Waals surface area contributed by atoms with Gasteiger partial charge in [0.05, 0.1) is 17.5 Å². The zero-order valence-corrected chi connectivity index (χ0v) is 12.1. The van der Waals surface area contributed by atoms with E-state index in [1.165, 1.54) is 12.8 Å². The maximum atomic E-state index is 6.12. The van der Waals surface area contributed by atoms with Crippen LogP contribution >= 0.6 is 0 Å². The maximum absolute atomic E-state index is 6.12. The molecule has 0 aliphatic heterocycles. The molecule has 1 aliphatic carbocycles. The first kappa shape index (κ1) is 14.0. The third-order valence-corrected chi connectivity index (χ3v) is 3.38. The van der Waals surface area contributed by atoms with Crippen LogP contribution in [0, 0.1) is 0 Å². The topological polar surface area (TPSA) is 50.5 Å². The van der Waals surface area contributed by atoms with Crippen LogP contribution in [0.25, 0.3) is 0 Å². The first-order valence-corrected chi connectivity index (χ1v) is 7.07.